The maximum atomic E-state index is 11.8. The molecule has 0 saturated heterocycles. The van der Waals surface area contributed by atoms with Crippen molar-refractivity contribution in [1.82, 2.24) is 5.32 Å². The number of carbonyl (C=O) groups is 1. The molecule has 0 heterocycles. The second-order valence-corrected chi connectivity index (χ2v) is 4.76. The first-order valence-electron chi connectivity index (χ1n) is 6.41. The molecule has 0 aliphatic heterocycles. The summed E-state index contributed by atoms with van der Waals surface area (Å²) in [5.74, 6) is 1.36. The molecule has 2 rings (SSSR count). The molecule has 1 aromatic carbocycles. The summed E-state index contributed by atoms with van der Waals surface area (Å²) in [4.78, 5) is 11.8. The number of nitrogens with one attached hydrogen (secondary N) is 1. The maximum Gasteiger partial charge on any atom is 0.222 e. The maximum absolute atomic E-state index is 11.8. The van der Waals surface area contributed by atoms with Crippen LogP contribution in [0.15, 0.2) is 18.2 Å². The van der Waals surface area contributed by atoms with Crippen LogP contribution in [0.2, 0.25) is 0 Å². The Balaban J connectivity index is 2.07. The van der Waals surface area contributed by atoms with Gasteiger partial charge in [-0.3, -0.25) is 4.79 Å². The van der Waals surface area contributed by atoms with E-state index in [0.717, 1.165) is 18.4 Å². The van der Waals surface area contributed by atoms with Gasteiger partial charge in [-0.2, -0.15) is 0 Å². The first kappa shape index (κ1) is 13.7. The van der Waals surface area contributed by atoms with E-state index in [-0.39, 0.29) is 12.3 Å². The van der Waals surface area contributed by atoms with Crippen molar-refractivity contribution in [3.05, 3.63) is 23.8 Å². The number of hydrogen-bond donors (Lipinski definition) is 2. The highest BCUT2D eigenvalue weighted by molar-refractivity contribution is 5.77. The monoisotopic (exact) mass is 264 g/mol. The quantitative estimate of drug-likeness (QED) is 0.814. The molecule has 3 N–H and O–H groups in total. The fourth-order valence-corrected chi connectivity index (χ4v) is 1.95. The molecule has 1 unspecified atom stereocenters. The summed E-state index contributed by atoms with van der Waals surface area (Å²) in [6.45, 7) is 0. The van der Waals surface area contributed by atoms with Crippen LogP contribution in [0.25, 0.3) is 0 Å². The minimum atomic E-state index is -0.399. The predicted molar refractivity (Wildman–Crippen MR) is 72.3 cm³/mol. The summed E-state index contributed by atoms with van der Waals surface area (Å²) in [7, 11) is 3.18. The second kappa shape index (κ2) is 5.93. The lowest BCUT2D eigenvalue weighted by Gasteiger charge is -2.16. The molecule has 0 radical (unpaired) electrons. The van der Waals surface area contributed by atoms with Gasteiger partial charge in [0.25, 0.3) is 0 Å². The second-order valence-electron chi connectivity index (χ2n) is 4.76. The van der Waals surface area contributed by atoms with Crippen molar-refractivity contribution in [2.45, 2.75) is 31.3 Å². The number of carbonyl (C=O) groups excluding carboxylic acids is 1. The Bertz CT molecular complexity index is 458. The van der Waals surface area contributed by atoms with Gasteiger partial charge in [-0.15, -0.1) is 0 Å². The van der Waals surface area contributed by atoms with Crippen LogP contribution >= 0.6 is 0 Å². The summed E-state index contributed by atoms with van der Waals surface area (Å²) in [5, 5.41) is 2.93. The Labute approximate surface area is 113 Å². The highest BCUT2D eigenvalue weighted by atomic mass is 16.5. The molecule has 1 fully saturated rings. The van der Waals surface area contributed by atoms with E-state index in [0.29, 0.717) is 17.5 Å². The van der Waals surface area contributed by atoms with Gasteiger partial charge in [0.2, 0.25) is 5.91 Å². The van der Waals surface area contributed by atoms with E-state index >= 15 is 0 Å². The van der Waals surface area contributed by atoms with Crippen LogP contribution in [-0.4, -0.2) is 26.2 Å². The predicted octanol–water partition coefficient (Wildman–Crippen LogP) is 1.37. The molecular formula is C14H20N2O3. The first-order valence-corrected chi connectivity index (χ1v) is 6.41. The molecule has 1 aliphatic carbocycles. The van der Waals surface area contributed by atoms with Crippen molar-refractivity contribution in [3.63, 3.8) is 0 Å². The molecule has 1 atom stereocenters. The van der Waals surface area contributed by atoms with Gasteiger partial charge >= 0.3 is 0 Å². The fraction of sp³-hybridized carbons (Fsp3) is 0.500. The van der Waals surface area contributed by atoms with Crippen LogP contribution in [0.4, 0.5) is 0 Å². The average Bonchev–Trinajstić information content (AvgIpc) is 3.21. The van der Waals surface area contributed by atoms with E-state index in [4.69, 9.17) is 15.2 Å². The van der Waals surface area contributed by atoms with E-state index in [1.165, 1.54) is 0 Å². The van der Waals surface area contributed by atoms with Crippen LogP contribution in [0.1, 0.15) is 30.9 Å². The molecule has 19 heavy (non-hydrogen) atoms. The van der Waals surface area contributed by atoms with E-state index in [9.17, 15) is 4.79 Å². The van der Waals surface area contributed by atoms with Gasteiger partial charge in [0.1, 0.15) is 11.5 Å². The van der Waals surface area contributed by atoms with Gasteiger partial charge in [0, 0.05) is 24.1 Å². The lowest BCUT2D eigenvalue weighted by atomic mass is 10.0. The Morgan fingerprint density at radius 2 is 2.16 bits per heavy atom. The number of methoxy groups -OCH3 is 2. The van der Waals surface area contributed by atoms with Crippen LogP contribution in [0, 0.1) is 0 Å². The lowest BCUT2D eigenvalue weighted by molar-refractivity contribution is -0.121. The fourth-order valence-electron chi connectivity index (χ4n) is 1.95. The van der Waals surface area contributed by atoms with Crippen molar-refractivity contribution >= 4 is 5.91 Å². The molecule has 1 aromatic rings. The normalized spacial score (nSPS) is 15.7. The van der Waals surface area contributed by atoms with Gasteiger partial charge in [0.05, 0.1) is 14.2 Å². The molecule has 0 bridgehead atoms. The van der Waals surface area contributed by atoms with Crippen LogP contribution in [0.5, 0.6) is 11.5 Å². The Hall–Kier alpha value is -1.75. The number of nitrogens with two attached hydrogens (primary N) is 1. The highest BCUT2D eigenvalue weighted by Crippen LogP contribution is 2.30. The Morgan fingerprint density at radius 1 is 1.42 bits per heavy atom. The van der Waals surface area contributed by atoms with Gasteiger partial charge in [-0.1, -0.05) is 0 Å². The van der Waals surface area contributed by atoms with Crippen molar-refractivity contribution < 1.29 is 14.3 Å². The highest BCUT2D eigenvalue weighted by Gasteiger charge is 2.25. The summed E-state index contributed by atoms with van der Waals surface area (Å²) in [6, 6.07) is 5.37. The third-order valence-electron chi connectivity index (χ3n) is 3.18. The van der Waals surface area contributed by atoms with Gasteiger partial charge < -0.3 is 20.5 Å². The minimum absolute atomic E-state index is 0.0140. The molecule has 1 aliphatic rings. The average molecular weight is 264 g/mol. The molecule has 1 amide bonds. The van der Waals surface area contributed by atoms with E-state index in [1.54, 1.807) is 26.4 Å². The molecule has 5 nitrogen and oxygen atoms in total. The zero-order chi connectivity index (χ0) is 13.8. The van der Waals surface area contributed by atoms with E-state index in [2.05, 4.69) is 5.32 Å². The van der Waals surface area contributed by atoms with Gasteiger partial charge in [-0.05, 0) is 31.0 Å². The van der Waals surface area contributed by atoms with Crippen LogP contribution in [0.3, 0.4) is 0 Å². The Morgan fingerprint density at radius 3 is 2.74 bits per heavy atom. The molecule has 0 spiro atoms. The number of ether oxygens (including phenoxy) is 2. The smallest absolute Gasteiger partial charge is 0.222 e. The number of hydrogen-bond acceptors (Lipinski definition) is 4. The van der Waals surface area contributed by atoms with Gasteiger partial charge in [0.15, 0.2) is 0 Å². The van der Waals surface area contributed by atoms with Crippen molar-refractivity contribution in [2.75, 3.05) is 14.2 Å². The first-order chi connectivity index (χ1) is 9.13. The third-order valence-corrected chi connectivity index (χ3v) is 3.18. The summed E-state index contributed by atoms with van der Waals surface area (Å²) in [5.41, 5.74) is 6.88. The molecule has 104 valence electrons. The largest absolute Gasteiger partial charge is 0.497 e. The lowest BCUT2D eigenvalue weighted by Crippen LogP contribution is -2.29. The topological polar surface area (TPSA) is 73.6 Å². The van der Waals surface area contributed by atoms with Gasteiger partial charge in [-0.25, -0.2) is 0 Å². The van der Waals surface area contributed by atoms with E-state index < -0.39 is 6.04 Å². The van der Waals surface area contributed by atoms with Crippen molar-refractivity contribution in [1.29, 1.82) is 0 Å². The van der Waals surface area contributed by atoms with E-state index in [1.807, 2.05) is 6.07 Å². The number of amides is 1. The standard InChI is InChI=1S/C14H20N2O3/c1-18-10-5-6-13(19-2)11(7-10)12(15)8-14(17)16-9-3-4-9/h5-7,9,12H,3-4,8,15H2,1-2H3,(H,16,17). The molecular weight excluding hydrogens is 244 g/mol. The van der Waals surface area contributed by atoms with Crippen molar-refractivity contribution in [3.8, 4) is 11.5 Å². The zero-order valence-electron chi connectivity index (χ0n) is 11.3. The number of rotatable bonds is 6. The Kier molecular flexibility index (Phi) is 4.27. The van der Waals surface area contributed by atoms with Crippen LogP contribution < -0.4 is 20.5 Å². The summed E-state index contributed by atoms with van der Waals surface area (Å²) >= 11 is 0. The zero-order valence-corrected chi connectivity index (χ0v) is 11.3. The molecule has 1 saturated carbocycles. The summed E-state index contributed by atoms with van der Waals surface area (Å²) < 4.78 is 10.4. The van der Waals surface area contributed by atoms with Crippen LogP contribution in [-0.2, 0) is 4.79 Å². The van der Waals surface area contributed by atoms with Crippen molar-refractivity contribution in [2.24, 2.45) is 5.73 Å². The number of benzene rings is 1. The minimum Gasteiger partial charge on any atom is -0.497 e. The SMILES string of the molecule is COc1ccc(OC)c(C(N)CC(=O)NC2CC2)c1. The third kappa shape index (κ3) is 3.61. The summed E-state index contributed by atoms with van der Waals surface area (Å²) in [6.07, 6.45) is 2.40. The molecule has 5 heteroatoms. The molecule has 0 aromatic heterocycles.